The van der Waals surface area contributed by atoms with Crippen molar-refractivity contribution in [3.8, 4) is 0 Å². The van der Waals surface area contributed by atoms with E-state index in [9.17, 15) is 18.0 Å². The first-order valence-electron chi connectivity index (χ1n) is 9.84. The molecule has 31 heavy (non-hydrogen) atoms. The maximum atomic E-state index is 13.1. The van der Waals surface area contributed by atoms with Crippen LogP contribution < -0.4 is 10.2 Å². The highest BCUT2D eigenvalue weighted by Crippen LogP contribution is 2.34. The number of alkyl halides is 3. The van der Waals surface area contributed by atoms with Crippen LogP contribution in [0.5, 0.6) is 0 Å². The number of hydrogen-bond donors (Lipinski definition) is 1. The number of anilines is 2. The second-order valence-electron chi connectivity index (χ2n) is 7.13. The minimum absolute atomic E-state index is 0.00519. The Kier molecular flexibility index (Phi) is 5.72. The summed E-state index contributed by atoms with van der Waals surface area (Å²) in [7, 11) is 0. The van der Waals surface area contributed by atoms with Gasteiger partial charge in [-0.05, 0) is 19.1 Å². The highest BCUT2D eigenvalue weighted by molar-refractivity contribution is 5.93. The Bertz CT molecular complexity index is 1080. The molecule has 1 amide bonds. The summed E-state index contributed by atoms with van der Waals surface area (Å²) in [5.74, 6) is 0.202. The number of rotatable bonds is 5. The van der Waals surface area contributed by atoms with Crippen LogP contribution in [0.3, 0.4) is 0 Å². The SMILES string of the molecule is CCn1nnc2c(N3CCN(CC(=O)Nc4ccccc4C(F)(F)F)CC3)ncnc21. The number of nitrogens with zero attached hydrogens (tertiary/aromatic N) is 7. The summed E-state index contributed by atoms with van der Waals surface area (Å²) in [4.78, 5) is 24.9. The number of aryl methyl sites for hydroxylation is 1. The lowest BCUT2D eigenvalue weighted by Gasteiger charge is -2.34. The van der Waals surface area contributed by atoms with Gasteiger partial charge < -0.3 is 10.2 Å². The number of benzene rings is 1. The Morgan fingerprint density at radius 1 is 1.13 bits per heavy atom. The fourth-order valence-corrected chi connectivity index (χ4v) is 3.57. The van der Waals surface area contributed by atoms with E-state index in [2.05, 4.69) is 25.6 Å². The quantitative estimate of drug-likeness (QED) is 0.657. The van der Waals surface area contributed by atoms with Gasteiger partial charge in [-0.25, -0.2) is 14.6 Å². The highest BCUT2D eigenvalue weighted by atomic mass is 19.4. The first kappa shape index (κ1) is 21.0. The van der Waals surface area contributed by atoms with Gasteiger partial charge in [0.1, 0.15) is 6.33 Å². The van der Waals surface area contributed by atoms with Crippen LogP contribution in [0.15, 0.2) is 30.6 Å². The fourth-order valence-electron chi connectivity index (χ4n) is 3.57. The van der Waals surface area contributed by atoms with E-state index in [1.165, 1.54) is 24.5 Å². The zero-order valence-corrected chi connectivity index (χ0v) is 16.8. The summed E-state index contributed by atoms with van der Waals surface area (Å²) in [5.41, 5.74) is 0.194. The number of aromatic nitrogens is 5. The molecular formula is C19H21F3N8O. The maximum Gasteiger partial charge on any atom is 0.418 e. The molecule has 9 nitrogen and oxygen atoms in total. The molecule has 3 aromatic rings. The summed E-state index contributed by atoms with van der Waals surface area (Å²) in [6.07, 6.45) is -3.05. The van der Waals surface area contributed by atoms with Gasteiger partial charge in [-0.3, -0.25) is 9.69 Å². The number of piperazine rings is 1. The van der Waals surface area contributed by atoms with Crippen LogP contribution in [0, 0.1) is 0 Å². The lowest BCUT2D eigenvalue weighted by molar-refractivity contribution is -0.137. The Labute approximate surface area is 175 Å². The van der Waals surface area contributed by atoms with Crippen molar-refractivity contribution < 1.29 is 18.0 Å². The Hall–Kier alpha value is -3.28. The van der Waals surface area contributed by atoms with Gasteiger partial charge in [-0.2, -0.15) is 13.2 Å². The highest BCUT2D eigenvalue weighted by Gasteiger charge is 2.33. The van der Waals surface area contributed by atoms with E-state index in [0.717, 1.165) is 6.07 Å². The van der Waals surface area contributed by atoms with Gasteiger partial charge in [0, 0.05) is 32.7 Å². The van der Waals surface area contributed by atoms with Gasteiger partial charge in [0.15, 0.2) is 17.0 Å². The van der Waals surface area contributed by atoms with E-state index in [1.54, 1.807) is 4.68 Å². The fraction of sp³-hybridized carbons (Fsp3) is 0.421. The molecule has 0 saturated carbocycles. The van der Waals surface area contributed by atoms with E-state index in [4.69, 9.17) is 0 Å². The lowest BCUT2D eigenvalue weighted by atomic mass is 10.1. The number of para-hydroxylation sites is 1. The van der Waals surface area contributed by atoms with Gasteiger partial charge in [-0.1, -0.05) is 17.3 Å². The first-order valence-corrected chi connectivity index (χ1v) is 9.84. The number of halogens is 3. The van der Waals surface area contributed by atoms with E-state index >= 15 is 0 Å². The topological polar surface area (TPSA) is 92.1 Å². The molecule has 1 aliphatic rings. The molecule has 0 bridgehead atoms. The first-order chi connectivity index (χ1) is 14.9. The third-order valence-electron chi connectivity index (χ3n) is 5.13. The summed E-state index contributed by atoms with van der Waals surface area (Å²) in [6.45, 7) is 4.91. The lowest BCUT2D eigenvalue weighted by Crippen LogP contribution is -2.49. The van der Waals surface area contributed by atoms with Crippen molar-refractivity contribution in [2.24, 2.45) is 0 Å². The van der Waals surface area contributed by atoms with Crippen molar-refractivity contribution in [2.45, 2.75) is 19.6 Å². The average molecular weight is 434 g/mol. The molecule has 1 aliphatic heterocycles. The monoisotopic (exact) mass is 434 g/mol. The molecule has 1 saturated heterocycles. The molecule has 0 radical (unpaired) electrons. The number of hydrogen-bond acceptors (Lipinski definition) is 7. The number of fused-ring (bicyclic) bond motifs is 1. The molecule has 12 heteroatoms. The predicted octanol–water partition coefficient (Wildman–Crippen LogP) is 2.02. The smallest absolute Gasteiger partial charge is 0.352 e. The van der Waals surface area contributed by atoms with Crippen LogP contribution in [-0.2, 0) is 17.5 Å². The van der Waals surface area contributed by atoms with Crippen LogP contribution in [0.2, 0.25) is 0 Å². The van der Waals surface area contributed by atoms with E-state index in [-0.39, 0.29) is 12.2 Å². The minimum Gasteiger partial charge on any atom is -0.352 e. The summed E-state index contributed by atoms with van der Waals surface area (Å²) < 4.78 is 41.0. The molecule has 1 N–H and O–H groups in total. The molecule has 1 fully saturated rings. The summed E-state index contributed by atoms with van der Waals surface area (Å²) >= 11 is 0. The molecule has 164 valence electrons. The maximum absolute atomic E-state index is 13.1. The molecule has 3 heterocycles. The van der Waals surface area contributed by atoms with E-state index in [1.807, 2.05) is 16.7 Å². The number of carbonyl (C=O) groups excluding carboxylic acids is 1. The summed E-state index contributed by atoms with van der Waals surface area (Å²) in [6, 6.07) is 4.95. The normalized spacial score (nSPS) is 15.4. The third-order valence-corrected chi connectivity index (χ3v) is 5.13. The van der Waals surface area contributed by atoms with E-state index < -0.39 is 17.6 Å². The number of nitrogens with one attached hydrogen (secondary N) is 1. The largest absolute Gasteiger partial charge is 0.418 e. The van der Waals surface area contributed by atoms with Crippen LogP contribution in [0.4, 0.5) is 24.7 Å². The van der Waals surface area contributed by atoms with Crippen LogP contribution in [0.1, 0.15) is 12.5 Å². The Morgan fingerprint density at radius 3 is 2.58 bits per heavy atom. The second kappa shape index (κ2) is 8.46. The van der Waals surface area contributed by atoms with Gasteiger partial charge in [0.2, 0.25) is 5.91 Å². The van der Waals surface area contributed by atoms with Crippen molar-refractivity contribution in [2.75, 3.05) is 42.9 Å². The molecule has 4 rings (SSSR count). The zero-order valence-electron chi connectivity index (χ0n) is 16.8. The molecule has 2 aromatic heterocycles. The molecule has 0 spiro atoms. The predicted molar refractivity (Wildman–Crippen MR) is 108 cm³/mol. The van der Waals surface area contributed by atoms with Crippen LogP contribution in [0.25, 0.3) is 11.2 Å². The summed E-state index contributed by atoms with van der Waals surface area (Å²) in [5, 5.41) is 10.7. The number of amides is 1. The molecule has 0 atom stereocenters. The Balaban J connectivity index is 1.37. The second-order valence-corrected chi connectivity index (χ2v) is 7.13. The van der Waals surface area contributed by atoms with Crippen molar-refractivity contribution in [3.05, 3.63) is 36.2 Å². The molecular weight excluding hydrogens is 413 g/mol. The van der Waals surface area contributed by atoms with Gasteiger partial charge >= 0.3 is 6.18 Å². The van der Waals surface area contributed by atoms with Gasteiger partial charge in [0.05, 0.1) is 17.8 Å². The zero-order chi connectivity index (χ0) is 22.0. The molecule has 1 aromatic carbocycles. The number of carbonyl (C=O) groups is 1. The average Bonchev–Trinajstić information content (AvgIpc) is 3.17. The van der Waals surface area contributed by atoms with Gasteiger partial charge in [-0.15, -0.1) is 5.10 Å². The van der Waals surface area contributed by atoms with Crippen molar-refractivity contribution in [1.82, 2.24) is 29.9 Å². The van der Waals surface area contributed by atoms with Crippen molar-refractivity contribution in [3.63, 3.8) is 0 Å². The van der Waals surface area contributed by atoms with E-state index in [0.29, 0.717) is 49.7 Å². The Morgan fingerprint density at radius 2 is 1.87 bits per heavy atom. The van der Waals surface area contributed by atoms with Crippen molar-refractivity contribution >= 4 is 28.6 Å². The molecule has 0 unspecified atom stereocenters. The van der Waals surface area contributed by atoms with Crippen LogP contribution in [-0.4, -0.2) is 68.5 Å². The van der Waals surface area contributed by atoms with Crippen molar-refractivity contribution in [1.29, 1.82) is 0 Å². The third kappa shape index (κ3) is 4.43. The van der Waals surface area contributed by atoms with Gasteiger partial charge in [0.25, 0.3) is 0 Å². The minimum atomic E-state index is -4.53. The van der Waals surface area contributed by atoms with Crippen LogP contribution >= 0.6 is 0 Å². The standard InChI is InChI=1S/C19H21F3N8O/c1-2-30-18-16(26-27-30)17(23-12-24-18)29-9-7-28(8-10-29)11-15(31)25-14-6-4-3-5-13(14)19(20,21)22/h3-6,12H,2,7-11H2,1H3,(H,25,31). The molecule has 0 aliphatic carbocycles.